The van der Waals surface area contributed by atoms with Crippen LogP contribution in [0.2, 0.25) is 0 Å². The number of hydrogen-bond acceptors (Lipinski definition) is 3. The van der Waals surface area contributed by atoms with Crippen molar-refractivity contribution >= 4 is 11.3 Å². The van der Waals surface area contributed by atoms with Crippen molar-refractivity contribution in [3.63, 3.8) is 0 Å². The van der Waals surface area contributed by atoms with E-state index in [9.17, 15) is 0 Å². The van der Waals surface area contributed by atoms with Crippen molar-refractivity contribution in [2.75, 3.05) is 6.54 Å². The van der Waals surface area contributed by atoms with Crippen molar-refractivity contribution in [1.29, 1.82) is 0 Å². The van der Waals surface area contributed by atoms with Crippen LogP contribution in [-0.4, -0.2) is 17.8 Å². The molecule has 2 N–H and O–H groups in total. The van der Waals surface area contributed by atoms with E-state index in [0.717, 1.165) is 0 Å². The van der Waals surface area contributed by atoms with Gasteiger partial charge in [-0.1, -0.05) is 6.07 Å². The average Bonchev–Trinajstić information content (AvgIpc) is 2.51. The minimum absolute atomic E-state index is 0.271. The molecule has 0 radical (unpaired) electrons. The maximum atomic E-state index is 9.04. The van der Waals surface area contributed by atoms with Gasteiger partial charge < -0.3 is 10.4 Å². The van der Waals surface area contributed by atoms with E-state index in [1.54, 1.807) is 18.3 Å². The van der Waals surface area contributed by atoms with Crippen LogP contribution in [-0.2, 0) is 0 Å². The largest absolute Gasteiger partial charge is 0.392 e. The normalized spacial score (nSPS) is 15.9. The third-order valence-corrected chi connectivity index (χ3v) is 2.74. The standard InChI is InChI=1S/C9H15NOS/c1-7(11)6-10-8(2)9-4-3-5-12-9/h3-5,7-8,10-11H,6H2,1-2H3/t7-,8+/m0/s1. The van der Waals surface area contributed by atoms with Gasteiger partial charge in [0.15, 0.2) is 0 Å². The summed E-state index contributed by atoms with van der Waals surface area (Å²) in [5, 5.41) is 14.3. The number of nitrogens with one attached hydrogen (secondary N) is 1. The zero-order valence-electron chi connectivity index (χ0n) is 7.45. The summed E-state index contributed by atoms with van der Waals surface area (Å²) < 4.78 is 0. The van der Waals surface area contributed by atoms with E-state index in [2.05, 4.69) is 23.7 Å². The molecule has 1 aromatic heterocycles. The van der Waals surface area contributed by atoms with Gasteiger partial charge in [-0.25, -0.2) is 0 Å². The Bertz CT molecular complexity index is 208. The van der Waals surface area contributed by atoms with E-state index in [0.29, 0.717) is 12.6 Å². The van der Waals surface area contributed by atoms with Gasteiger partial charge in [-0.05, 0) is 25.3 Å². The molecule has 0 aromatic carbocycles. The molecule has 12 heavy (non-hydrogen) atoms. The molecule has 3 heteroatoms. The minimum atomic E-state index is -0.271. The Hall–Kier alpha value is -0.380. The van der Waals surface area contributed by atoms with Crippen LogP contribution in [0.15, 0.2) is 17.5 Å². The van der Waals surface area contributed by atoms with Gasteiger partial charge in [-0.3, -0.25) is 0 Å². The summed E-state index contributed by atoms with van der Waals surface area (Å²) in [7, 11) is 0. The molecule has 0 unspecified atom stereocenters. The molecule has 0 fully saturated rings. The molecule has 0 saturated carbocycles. The quantitative estimate of drug-likeness (QED) is 0.749. The summed E-state index contributed by atoms with van der Waals surface area (Å²) in [5.74, 6) is 0. The van der Waals surface area contributed by atoms with Crippen molar-refractivity contribution in [2.24, 2.45) is 0 Å². The second-order valence-corrected chi connectivity index (χ2v) is 3.97. The van der Waals surface area contributed by atoms with Crippen LogP contribution in [0.3, 0.4) is 0 Å². The lowest BCUT2D eigenvalue weighted by Gasteiger charge is -2.12. The summed E-state index contributed by atoms with van der Waals surface area (Å²) >= 11 is 1.74. The van der Waals surface area contributed by atoms with Crippen molar-refractivity contribution in [1.82, 2.24) is 5.32 Å². The fourth-order valence-corrected chi connectivity index (χ4v) is 1.74. The highest BCUT2D eigenvalue weighted by atomic mass is 32.1. The number of rotatable bonds is 4. The maximum absolute atomic E-state index is 9.04. The molecular weight excluding hydrogens is 170 g/mol. The van der Waals surface area contributed by atoms with Crippen LogP contribution in [0.1, 0.15) is 24.8 Å². The van der Waals surface area contributed by atoms with Crippen LogP contribution < -0.4 is 5.32 Å². The summed E-state index contributed by atoms with van der Waals surface area (Å²) in [6.45, 7) is 4.54. The Balaban J connectivity index is 2.34. The second-order valence-electron chi connectivity index (χ2n) is 2.99. The van der Waals surface area contributed by atoms with E-state index < -0.39 is 0 Å². The van der Waals surface area contributed by atoms with Crippen LogP contribution in [0.25, 0.3) is 0 Å². The first-order chi connectivity index (χ1) is 5.70. The fraction of sp³-hybridized carbons (Fsp3) is 0.556. The van der Waals surface area contributed by atoms with Gasteiger partial charge in [0, 0.05) is 17.5 Å². The number of aliphatic hydroxyl groups is 1. The smallest absolute Gasteiger partial charge is 0.0636 e. The topological polar surface area (TPSA) is 32.3 Å². The number of aliphatic hydroxyl groups excluding tert-OH is 1. The third-order valence-electron chi connectivity index (χ3n) is 1.69. The molecule has 1 rings (SSSR count). The Kier molecular flexibility index (Phi) is 3.72. The molecular formula is C9H15NOS. The predicted octanol–water partition coefficient (Wildman–Crippen LogP) is 1.78. The SMILES string of the molecule is C[C@H](O)CN[C@H](C)c1cccs1. The molecule has 0 aliphatic carbocycles. The van der Waals surface area contributed by atoms with Gasteiger partial charge in [0.25, 0.3) is 0 Å². The summed E-state index contributed by atoms with van der Waals surface area (Å²) in [6, 6.07) is 4.49. The van der Waals surface area contributed by atoms with Gasteiger partial charge >= 0.3 is 0 Å². The molecule has 0 bridgehead atoms. The lowest BCUT2D eigenvalue weighted by atomic mass is 10.2. The fourth-order valence-electron chi connectivity index (χ4n) is 0.986. The van der Waals surface area contributed by atoms with Gasteiger partial charge in [-0.2, -0.15) is 0 Å². The average molecular weight is 185 g/mol. The van der Waals surface area contributed by atoms with Crippen molar-refractivity contribution < 1.29 is 5.11 Å². The molecule has 1 heterocycles. The van der Waals surface area contributed by atoms with Gasteiger partial charge in [0.05, 0.1) is 6.10 Å². The minimum Gasteiger partial charge on any atom is -0.392 e. The van der Waals surface area contributed by atoms with Gasteiger partial charge in [0.2, 0.25) is 0 Å². The molecule has 0 saturated heterocycles. The van der Waals surface area contributed by atoms with E-state index in [4.69, 9.17) is 5.11 Å². The zero-order valence-corrected chi connectivity index (χ0v) is 8.27. The van der Waals surface area contributed by atoms with Crippen molar-refractivity contribution in [3.8, 4) is 0 Å². The Morgan fingerprint density at radius 2 is 2.33 bits per heavy atom. The van der Waals surface area contributed by atoms with Crippen LogP contribution in [0.4, 0.5) is 0 Å². The Morgan fingerprint density at radius 3 is 2.83 bits per heavy atom. The van der Waals surface area contributed by atoms with E-state index in [1.165, 1.54) is 4.88 Å². The highest BCUT2D eigenvalue weighted by molar-refractivity contribution is 7.10. The molecule has 0 aliphatic rings. The first-order valence-electron chi connectivity index (χ1n) is 4.15. The highest BCUT2D eigenvalue weighted by Crippen LogP contribution is 2.17. The Morgan fingerprint density at radius 1 is 1.58 bits per heavy atom. The zero-order chi connectivity index (χ0) is 8.97. The molecule has 2 atom stereocenters. The monoisotopic (exact) mass is 185 g/mol. The molecule has 0 spiro atoms. The van der Waals surface area contributed by atoms with Crippen LogP contribution in [0.5, 0.6) is 0 Å². The van der Waals surface area contributed by atoms with Crippen molar-refractivity contribution in [2.45, 2.75) is 26.0 Å². The summed E-state index contributed by atoms with van der Waals surface area (Å²) in [5.41, 5.74) is 0. The van der Waals surface area contributed by atoms with Gasteiger partial charge in [0.1, 0.15) is 0 Å². The maximum Gasteiger partial charge on any atom is 0.0636 e. The van der Waals surface area contributed by atoms with Crippen LogP contribution in [0, 0.1) is 0 Å². The van der Waals surface area contributed by atoms with Gasteiger partial charge in [-0.15, -0.1) is 11.3 Å². The lowest BCUT2D eigenvalue weighted by Crippen LogP contribution is -2.26. The van der Waals surface area contributed by atoms with E-state index in [1.807, 2.05) is 6.07 Å². The third kappa shape index (κ3) is 2.93. The van der Waals surface area contributed by atoms with Crippen molar-refractivity contribution in [3.05, 3.63) is 22.4 Å². The Labute approximate surface area is 77.2 Å². The van der Waals surface area contributed by atoms with E-state index in [-0.39, 0.29) is 6.10 Å². The number of hydrogen-bond donors (Lipinski definition) is 2. The van der Waals surface area contributed by atoms with Crippen LogP contribution >= 0.6 is 11.3 Å². The first-order valence-corrected chi connectivity index (χ1v) is 5.03. The lowest BCUT2D eigenvalue weighted by molar-refractivity contribution is 0.187. The molecule has 0 amide bonds. The second kappa shape index (κ2) is 4.60. The summed E-state index contributed by atoms with van der Waals surface area (Å²) in [6.07, 6.45) is -0.271. The molecule has 68 valence electrons. The summed E-state index contributed by atoms with van der Waals surface area (Å²) in [4.78, 5) is 1.32. The first kappa shape index (κ1) is 9.71. The molecule has 0 aliphatic heterocycles. The van der Waals surface area contributed by atoms with E-state index >= 15 is 0 Å². The molecule has 1 aromatic rings. The predicted molar refractivity (Wildman–Crippen MR) is 52.4 cm³/mol. The molecule has 2 nitrogen and oxygen atoms in total. The highest BCUT2D eigenvalue weighted by Gasteiger charge is 2.05. The number of thiophene rings is 1.